The van der Waals surface area contributed by atoms with Gasteiger partial charge in [-0.3, -0.25) is 4.79 Å². The second-order valence-corrected chi connectivity index (χ2v) is 5.23. The van der Waals surface area contributed by atoms with Gasteiger partial charge in [0.25, 0.3) is 0 Å². The second-order valence-electron chi connectivity index (χ2n) is 4.15. The molecule has 0 aliphatic carbocycles. The highest BCUT2D eigenvalue weighted by molar-refractivity contribution is 14.1. The number of anilines is 1. The zero-order valence-corrected chi connectivity index (χ0v) is 13.5. The van der Waals surface area contributed by atoms with Gasteiger partial charge in [0.1, 0.15) is 11.6 Å². The molecule has 2 atom stereocenters. The van der Waals surface area contributed by atoms with Crippen molar-refractivity contribution in [1.82, 2.24) is 0 Å². The number of halogens is 4. The van der Waals surface area contributed by atoms with Crippen molar-refractivity contribution in [3.8, 4) is 0 Å². The minimum absolute atomic E-state index is 0. The zero-order chi connectivity index (χ0) is 13.9. The van der Waals surface area contributed by atoms with Crippen molar-refractivity contribution in [2.24, 2.45) is 11.7 Å². The first-order chi connectivity index (χ1) is 8.36. The van der Waals surface area contributed by atoms with Crippen LogP contribution in [-0.2, 0) is 4.79 Å². The fraction of sp³-hybridized carbons (Fsp3) is 0.417. The average Bonchev–Trinajstić information content (AvgIpc) is 2.33. The SMILES string of the molecule is CCC(C)C(N)C(=O)Nc1cc(F)c(I)c(F)c1.Cl. The highest BCUT2D eigenvalue weighted by Crippen LogP contribution is 2.20. The van der Waals surface area contributed by atoms with Crippen molar-refractivity contribution in [3.05, 3.63) is 27.3 Å². The van der Waals surface area contributed by atoms with E-state index in [1.807, 2.05) is 13.8 Å². The maximum atomic E-state index is 13.3. The largest absolute Gasteiger partial charge is 0.325 e. The van der Waals surface area contributed by atoms with Crippen LogP contribution in [0, 0.1) is 21.1 Å². The van der Waals surface area contributed by atoms with Gasteiger partial charge in [-0.05, 0) is 40.6 Å². The third kappa shape index (κ3) is 4.85. The van der Waals surface area contributed by atoms with Crippen LogP contribution in [0.2, 0.25) is 0 Å². The number of nitrogens with one attached hydrogen (secondary N) is 1. The maximum Gasteiger partial charge on any atom is 0.241 e. The molecule has 1 rings (SSSR count). The van der Waals surface area contributed by atoms with E-state index < -0.39 is 23.6 Å². The molecule has 0 aliphatic heterocycles. The monoisotopic (exact) mass is 404 g/mol. The Morgan fingerprint density at radius 3 is 2.32 bits per heavy atom. The topological polar surface area (TPSA) is 55.1 Å². The molecular weight excluding hydrogens is 388 g/mol. The van der Waals surface area contributed by atoms with E-state index in [0.29, 0.717) is 0 Å². The summed E-state index contributed by atoms with van der Waals surface area (Å²) in [6.45, 7) is 3.77. The summed E-state index contributed by atoms with van der Waals surface area (Å²) in [5.74, 6) is -1.85. The standard InChI is InChI=1S/C12H15F2IN2O.ClH/c1-3-6(2)11(16)12(18)17-7-4-8(13)10(15)9(14)5-7;/h4-6,11H,3,16H2,1-2H3,(H,17,18);1H. The number of nitrogens with two attached hydrogens (primary N) is 1. The molecule has 1 aromatic rings. The molecule has 2 unspecified atom stereocenters. The van der Waals surface area contributed by atoms with Gasteiger partial charge in [-0.25, -0.2) is 8.78 Å². The minimum Gasteiger partial charge on any atom is -0.325 e. The highest BCUT2D eigenvalue weighted by atomic mass is 127. The lowest BCUT2D eigenvalue weighted by molar-refractivity contribution is -0.118. The molecular formula is C12H16ClF2IN2O. The summed E-state index contributed by atoms with van der Waals surface area (Å²) in [6, 6.07) is 1.46. The van der Waals surface area contributed by atoms with Crippen LogP contribution in [-0.4, -0.2) is 11.9 Å². The summed E-state index contributed by atoms with van der Waals surface area (Å²) in [4.78, 5) is 11.7. The molecule has 0 saturated carbocycles. The van der Waals surface area contributed by atoms with Gasteiger partial charge in [0.15, 0.2) is 0 Å². The number of amides is 1. The first kappa shape index (κ1) is 18.5. The van der Waals surface area contributed by atoms with E-state index in [1.54, 1.807) is 22.6 Å². The van der Waals surface area contributed by atoms with E-state index >= 15 is 0 Å². The average molecular weight is 405 g/mol. The van der Waals surface area contributed by atoms with Gasteiger partial charge < -0.3 is 11.1 Å². The van der Waals surface area contributed by atoms with E-state index in [0.717, 1.165) is 18.6 Å². The van der Waals surface area contributed by atoms with Crippen LogP contribution in [0.25, 0.3) is 0 Å². The van der Waals surface area contributed by atoms with E-state index in [1.165, 1.54) is 0 Å². The van der Waals surface area contributed by atoms with Crippen LogP contribution in [0.4, 0.5) is 14.5 Å². The molecule has 1 amide bonds. The molecule has 19 heavy (non-hydrogen) atoms. The number of hydrogen-bond donors (Lipinski definition) is 2. The number of hydrogen-bond acceptors (Lipinski definition) is 2. The molecule has 0 spiro atoms. The van der Waals surface area contributed by atoms with Crippen molar-refractivity contribution in [1.29, 1.82) is 0 Å². The fourth-order valence-corrected chi connectivity index (χ4v) is 1.68. The lowest BCUT2D eigenvalue weighted by atomic mass is 9.99. The molecule has 0 saturated heterocycles. The summed E-state index contributed by atoms with van der Waals surface area (Å²) in [7, 11) is 0. The zero-order valence-electron chi connectivity index (χ0n) is 10.5. The van der Waals surface area contributed by atoms with Crippen LogP contribution >= 0.6 is 35.0 Å². The Morgan fingerprint density at radius 1 is 1.42 bits per heavy atom. The van der Waals surface area contributed by atoms with Gasteiger partial charge in [0, 0.05) is 5.69 Å². The van der Waals surface area contributed by atoms with Crippen LogP contribution in [0.5, 0.6) is 0 Å². The first-order valence-electron chi connectivity index (χ1n) is 5.57. The smallest absolute Gasteiger partial charge is 0.241 e. The fourth-order valence-electron chi connectivity index (χ4n) is 1.37. The van der Waals surface area contributed by atoms with Crippen molar-refractivity contribution < 1.29 is 13.6 Å². The van der Waals surface area contributed by atoms with Gasteiger partial charge in [-0.15, -0.1) is 12.4 Å². The van der Waals surface area contributed by atoms with Gasteiger partial charge in [-0.1, -0.05) is 20.3 Å². The Bertz CT molecular complexity index is 436. The normalized spacial score (nSPS) is 13.4. The Balaban J connectivity index is 0.00000324. The van der Waals surface area contributed by atoms with Gasteiger partial charge >= 0.3 is 0 Å². The molecule has 0 aromatic heterocycles. The molecule has 1 aromatic carbocycles. The van der Waals surface area contributed by atoms with Crippen LogP contribution < -0.4 is 11.1 Å². The molecule has 7 heteroatoms. The molecule has 0 radical (unpaired) electrons. The lowest BCUT2D eigenvalue weighted by Crippen LogP contribution is -2.40. The van der Waals surface area contributed by atoms with E-state index in [2.05, 4.69) is 5.32 Å². The molecule has 0 aliphatic rings. The van der Waals surface area contributed by atoms with Crippen LogP contribution in [0.15, 0.2) is 12.1 Å². The van der Waals surface area contributed by atoms with Crippen LogP contribution in [0.3, 0.4) is 0 Å². The molecule has 3 nitrogen and oxygen atoms in total. The van der Waals surface area contributed by atoms with Crippen molar-refractivity contribution in [2.45, 2.75) is 26.3 Å². The Kier molecular flexibility index (Phi) is 7.76. The number of rotatable bonds is 4. The quantitative estimate of drug-likeness (QED) is 0.598. The van der Waals surface area contributed by atoms with E-state index in [9.17, 15) is 13.6 Å². The van der Waals surface area contributed by atoms with Gasteiger partial charge in [-0.2, -0.15) is 0 Å². The number of carbonyl (C=O) groups is 1. The van der Waals surface area contributed by atoms with Crippen molar-refractivity contribution >= 4 is 46.6 Å². The third-order valence-electron chi connectivity index (χ3n) is 2.81. The van der Waals surface area contributed by atoms with Gasteiger partial charge in [0.05, 0.1) is 9.61 Å². The number of carbonyl (C=O) groups excluding carboxylic acids is 1. The highest BCUT2D eigenvalue weighted by Gasteiger charge is 2.20. The lowest BCUT2D eigenvalue weighted by Gasteiger charge is -2.17. The second kappa shape index (κ2) is 7.96. The summed E-state index contributed by atoms with van der Waals surface area (Å²) < 4.78 is 26.5. The van der Waals surface area contributed by atoms with Gasteiger partial charge in [0.2, 0.25) is 5.91 Å². The van der Waals surface area contributed by atoms with Crippen LogP contribution in [0.1, 0.15) is 20.3 Å². The molecule has 3 N–H and O–H groups in total. The third-order valence-corrected chi connectivity index (χ3v) is 3.84. The van der Waals surface area contributed by atoms with Crippen molar-refractivity contribution in [2.75, 3.05) is 5.32 Å². The molecule has 0 heterocycles. The predicted molar refractivity (Wildman–Crippen MR) is 82.4 cm³/mol. The Labute approximate surface area is 130 Å². The molecule has 108 valence electrons. The summed E-state index contributed by atoms with van der Waals surface area (Å²) >= 11 is 1.56. The minimum atomic E-state index is -0.706. The van der Waals surface area contributed by atoms with Crippen molar-refractivity contribution in [3.63, 3.8) is 0 Å². The number of benzene rings is 1. The Morgan fingerprint density at radius 2 is 1.89 bits per heavy atom. The molecule has 0 bridgehead atoms. The summed E-state index contributed by atoms with van der Waals surface area (Å²) in [5.41, 5.74) is 5.80. The van der Waals surface area contributed by atoms with E-state index in [4.69, 9.17) is 5.73 Å². The predicted octanol–water partition coefficient (Wildman–Crippen LogP) is 3.30. The first-order valence-corrected chi connectivity index (χ1v) is 6.65. The molecule has 0 fully saturated rings. The van der Waals surface area contributed by atoms with E-state index in [-0.39, 0.29) is 27.6 Å². The summed E-state index contributed by atoms with van der Waals surface area (Å²) in [5, 5.41) is 2.42. The maximum absolute atomic E-state index is 13.3. The Hall–Kier alpha value is -0.470. The summed E-state index contributed by atoms with van der Waals surface area (Å²) in [6.07, 6.45) is 0.754.